The zero-order valence-electron chi connectivity index (χ0n) is 18.9. The van der Waals surface area contributed by atoms with Gasteiger partial charge >= 0.3 is 0 Å². The van der Waals surface area contributed by atoms with Crippen LogP contribution in [0.3, 0.4) is 0 Å². The van der Waals surface area contributed by atoms with E-state index in [1.165, 1.54) is 5.56 Å². The first-order chi connectivity index (χ1) is 15.2. The van der Waals surface area contributed by atoms with E-state index in [4.69, 9.17) is 16.3 Å². The van der Waals surface area contributed by atoms with E-state index in [-0.39, 0.29) is 5.78 Å². The number of nitrogens with zero attached hydrogens (tertiary/aromatic N) is 2. The monoisotopic (exact) mass is 447 g/mol. The van der Waals surface area contributed by atoms with Crippen molar-refractivity contribution in [3.8, 4) is 22.9 Å². The van der Waals surface area contributed by atoms with Gasteiger partial charge in [0.1, 0.15) is 5.75 Å². The molecule has 6 heteroatoms. The number of benzene rings is 3. The number of carbonyl (C=O) groups excluding carboxylic acids is 1. The van der Waals surface area contributed by atoms with Gasteiger partial charge in [-0.3, -0.25) is 4.79 Å². The van der Waals surface area contributed by atoms with Gasteiger partial charge in [0.05, 0.1) is 16.1 Å². The van der Waals surface area contributed by atoms with Crippen LogP contribution in [-0.2, 0) is 0 Å². The molecule has 0 amide bonds. The standard InChI is InChI=1S/C26H26ClN3O2/c1-15-6-11-20(12-21(15)17(3)31)32-26-28-24-13-22(23(27)14-25(24)29-26)19-9-7-18(8-10-19)16(2)30(4)5/h6-14,16H,1-5H3,(H,28,29). The van der Waals surface area contributed by atoms with E-state index in [0.29, 0.717) is 28.4 Å². The Morgan fingerprint density at radius 2 is 1.81 bits per heavy atom. The summed E-state index contributed by atoms with van der Waals surface area (Å²) in [5, 5.41) is 0.635. The average molecular weight is 448 g/mol. The second-order valence-corrected chi connectivity index (χ2v) is 8.69. The summed E-state index contributed by atoms with van der Waals surface area (Å²) in [6, 6.07) is 18.4. The van der Waals surface area contributed by atoms with Crippen LogP contribution in [0.2, 0.25) is 5.02 Å². The number of halogens is 1. The number of hydrogen-bond acceptors (Lipinski definition) is 4. The molecular formula is C26H26ClN3O2. The fourth-order valence-electron chi connectivity index (χ4n) is 3.67. The van der Waals surface area contributed by atoms with Gasteiger partial charge in [-0.1, -0.05) is 41.9 Å². The Morgan fingerprint density at radius 3 is 2.47 bits per heavy atom. The molecule has 0 radical (unpaired) electrons. The molecule has 1 heterocycles. The van der Waals surface area contributed by atoms with Gasteiger partial charge in [0.15, 0.2) is 5.78 Å². The Labute approximate surface area is 193 Å². The lowest BCUT2D eigenvalue weighted by molar-refractivity contribution is 0.101. The molecule has 0 aliphatic heterocycles. The van der Waals surface area contributed by atoms with E-state index in [1.807, 2.05) is 31.2 Å². The van der Waals surface area contributed by atoms with Crippen LogP contribution in [-0.4, -0.2) is 34.7 Å². The number of Topliss-reactive ketones (excluding diaryl/α,β-unsaturated/α-hetero) is 1. The number of nitrogens with one attached hydrogen (secondary N) is 1. The summed E-state index contributed by atoms with van der Waals surface area (Å²) in [5.41, 5.74) is 6.27. The highest BCUT2D eigenvalue weighted by Gasteiger charge is 2.13. The fourth-order valence-corrected chi connectivity index (χ4v) is 3.94. The molecule has 0 fully saturated rings. The molecule has 0 spiro atoms. The fraction of sp³-hybridized carbons (Fsp3) is 0.231. The SMILES string of the molecule is CC(=O)c1cc(Oc2nc3cc(-c4ccc(C(C)N(C)C)cc4)c(Cl)cc3[nH]2)ccc1C. The molecule has 0 saturated carbocycles. The predicted octanol–water partition coefficient (Wildman–Crippen LogP) is 6.81. The third-order valence-electron chi connectivity index (χ3n) is 5.83. The van der Waals surface area contributed by atoms with E-state index in [1.54, 1.807) is 13.0 Å². The Balaban J connectivity index is 1.64. The number of aromatic amines is 1. The van der Waals surface area contributed by atoms with E-state index in [0.717, 1.165) is 27.7 Å². The Kier molecular flexibility index (Phi) is 6.04. The molecule has 1 unspecified atom stereocenters. The van der Waals surface area contributed by atoms with Crippen molar-refractivity contribution in [2.45, 2.75) is 26.8 Å². The quantitative estimate of drug-likeness (QED) is 0.330. The van der Waals surface area contributed by atoms with Crippen molar-refractivity contribution in [3.05, 3.63) is 76.3 Å². The summed E-state index contributed by atoms with van der Waals surface area (Å²) in [7, 11) is 4.14. The molecule has 4 rings (SSSR count). The van der Waals surface area contributed by atoms with Gasteiger partial charge in [0.2, 0.25) is 0 Å². The number of fused-ring (bicyclic) bond motifs is 1. The number of H-pyrrole nitrogens is 1. The molecule has 1 N–H and O–H groups in total. The number of ether oxygens (including phenoxy) is 1. The van der Waals surface area contributed by atoms with Crippen LogP contribution >= 0.6 is 11.6 Å². The van der Waals surface area contributed by atoms with Crippen LogP contribution in [0, 0.1) is 6.92 Å². The Morgan fingerprint density at radius 1 is 1.09 bits per heavy atom. The third kappa shape index (κ3) is 4.40. The first kappa shape index (κ1) is 22.1. The Hall–Kier alpha value is -3.15. The zero-order chi connectivity index (χ0) is 23.0. The van der Waals surface area contributed by atoms with Crippen LogP contribution in [0.15, 0.2) is 54.6 Å². The largest absolute Gasteiger partial charge is 0.426 e. The third-order valence-corrected chi connectivity index (χ3v) is 6.14. The summed E-state index contributed by atoms with van der Waals surface area (Å²) >= 11 is 6.60. The molecule has 0 aliphatic carbocycles. The maximum Gasteiger partial charge on any atom is 0.300 e. The van der Waals surface area contributed by atoms with Gasteiger partial charge in [-0.15, -0.1) is 0 Å². The van der Waals surface area contributed by atoms with E-state index >= 15 is 0 Å². The van der Waals surface area contributed by atoms with Crippen molar-refractivity contribution in [2.75, 3.05) is 14.1 Å². The second kappa shape index (κ2) is 8.77. The van der Waals surface area contributed by atoms with Crippen LogP contribution in [0.5, 0.6) is 11.8 Å². The van der Waals surface area contributed by atoms with Gasteiger partial charge in [0.25, 0.3) is 6.01 Å². The van der Waals surface area contributed by atoms with E-state index in [9.17, 15) is 4.79 Å². The molecule has 0 bridgehead atoms. The molecule has 0 aliphatic rings. The van der Waals surface area contributed by atoms with Crippen LogP contribution < -0.4 is 4.74 Å². The summed E-state index contributed by atoms with van der Waals surface area (Å²) < 4.78 is 5.89. The lowest BCUT2D eigenvalue weighted by atomic mass is 10.0. The number of imidazole rings is 1. The lowest BCUT2D eigenvalue weighted by Gasteiger charge is -2.20. The van der Waals surface area contributed by atoms with Gasteiger partial charge in [-0.2, -0.15) is 4.98 Å². The highest BCUT2D eigenvalue weighted by atomic mass is 35.5. The summed E-state index contributed by atoms with van der Waals surface area (Å²) in [6.07, 6.45) is 0. The smallest absolute Gasteiger partial charge is 0.300 e. The maximum atomic E-state index is 11.8. The minimum atomic E-state index is -0.0000244. The number of ketones is 1. The lowest BCUT2D eigenvalue weighted by Crippen LogP contribution is -2.16. The zero-order valence-corrected chi connectivity index (χ0v) is 19.6. The molecule has 164 valence electrons. The van der Waals surface area contributed by atoms with Crippen molar-refractivity contribution in [1.29, 1.82) is 0 Å². The first-order valence-electron chi connectivity index (χ1n) is 10.5. The summed E-state index contributed by atoms with van der Waals surface area (Å²) in [6.45, 7) is 5.62. The molecule has 4 aromatic rings. The highest BCUT2D eigenvalue weighted by molar-refractivity contribution is 6.34. The van der Waals surface area contributed by atoms with Crippen molar-refractivity contribution in [3.63, 3.8) is 0 Å². The van der Waals surface area contributed by atoms with Crippen molar-refractivity contribution in [2.24, 2.45) is 0 Å². The molecule has 1 atom stereocenters. The van der Waals surface area contributed by atoms with Crippen molar-refractivity contribution in [1.82, 2.24) is 14.9 Å². The minimum Gasteiger partial charge on any atom is -0.426 e. The first-order valence-corrected chi connectivity index (χ1v) is 10.9. The maximum absolute atomic E-state index is 11.8. The van der Waals surface area contributed by atoms with Crippen molar-refractivity contribution < 1.29 is 9.53 Å². The summed E-state index contributed by atoms with van der Waals surface area (Å²) in [4.78, 5) is 21.7. The van der Waals surface area contributed by atoms with Crippen molar-refractivity contribution >= 4 is 28.4 Å². The minimum absolute atomic E-state index is 0.0000244. The second-order valence-electron chi connectivity index (χ2n) is 8.29. The molecule has 1 aromatic heterocycles. The molecule has 0 saturated heterocycles. The number of rotatable bonds is 6. The number of hydrogen-bond donors (Lipinski definition) is 1. The number of aryl methyl sites for hydroxylation is 1. The van der Waals surface area contributed by atoms with Gasteiger partial charge in [0, 0.05) is 17.2 Å². The Bertz CT molecular complexity index is 1290. The van der Waals surface area contributed by atoms with Crippen LogP contribution in [0.4, 0.5) is 0 Å². The topological polar surface area (TPSA) is 58.2 Å². The van der Waals surface area contributed by atoms with Gasteiger partial charge in [-0.25, -0.2) is 0 Å². The molecule has 32 heavy (non-hydrogen) atoms. The van der Waals surface area contributed by atoms with Gasteiger partial charge in [-0.05, 0) is 75.8 Å². The number of carbonyl (C=O) groups is 1. The number of aromatic nitrogens is 2. The van der Waals surface area contributed by atoms with E-state index in [2.05, 4.69) is 60.2 Å². The summed E-state index contributed by atoms with van der Waals surface area (Å²) in [5.74, 6) is 0.553. The predicted molar refractivity (Wildman–Crippen MR) is 130 cm³/mol. The molecular weight excluding hydrogens is 422 g/mol. The van der Waals surface area contributed by atoms with Crippen LogP contribution in [0.1, 0.15) is 41.4 Å². The van der Waals surface area contributed by atoms with Gasteiger partial charge < -0.3 is 14.6 Å². The molecule has 3 aromatic carbocycles. The van der Waals surface area contributed by atoms with Crippen LogP contribution in [0.25, 0.3) is 22.2 Å². The molecule has 5 nitrogen and oxygen atoms in total. The highest BCUT2D eigenvalue weighted by Crippen LogP contribution is 2.34. The normalized spacial score (nSPS) is 12.3. The average Bonchev–Trinajstić information content (AvgIpc) is 3.14. The van der Waals surface area contributed by atoms with E-state index < -0.39 is 0 Å².